The third-order valence-corrected chi connectivity index (χ3v) is 3.02. The van der Waals surface area contributed by atoms with Gasteiger partial charge in [-0.1, -0.05) is 23.7 Å². The van der Waals surface area contributed by atoms with Gasteiger partial charge in [-0.05, 0) is 17.7 Å². The summed E-state index contributed by atoms with van der Waals surface area (Å²) < 4.78 is 10.5. The van der Waals surface area contributed by atoms with E-state index in [4.69, 9.17) is 21.1 Å². The Bertz CT molecular complexity index is 354. The highest BCUT2D eigenvalue weighted by atomic mass is 35.5. The molecule has 1 saturated heterocycles. The molecule has 0 aromatic heterocycles. The van der Waals surface area contributed by atoms with E-state index in [1.165, 1.54) is 0 Å². The van der Waals surface area contributed by atoms with Crippen molar-refractivity contribution >= 4 is 11.6 Å². The van der Waals surface area contributed by atoms with E-state index < -0.39 is 6.10 Å². The third kappa shape index (κ3) is 4.55. The molecule has 0 amide bonds. The Kier molecular flexibility index (Phi) is 5.41. The Morgan fingerprint density at radius 3 is 2.72 bits per heavy atom. The molecule has 5 heteroatoms. The number of ether oxygens (including phenoxy) is 2. The van der Waals surface area contributed by atoms with Crippen LogP contribution < -0.4 is 5.32 Å². The minimum absolute atomic E-state index is 0.323. The Hall–Kier alpha value is -0.650. The Morgan fingerprint density at radius 2 is 2.11 bits per heavy atom. The van der Waals surface area contributed by atoms with Gasteiger partial charge in [-0.25, -0.2) is 0 Å². The number of rotatable bonds is 7. The van der Waals surface area contributed by atoms with Gasteiger partial charge in [-0.3, -0.25) is 0 Å². The highest BCUT2D eigenvalue weighted by Gasteiger charge is 2.18. The monoisotopic (exact) mass is 271 g/mol. The molecule has 1 aromatic carbocycles. The van der Waals surface area contributed by atoms with Crippen molar-refractivity contribution in [3.05, 3.63) is 34.9 Å². The first-order valence-corrected chi connectivity index (χ1v) is 6.43. The second-order valence-electron chi connectivity index (χ2n) is 4.44. The molecule has 1 atom stereocenters. The standard InChI is InChI=1S/C13H18ClNO3/c14-11-3-1-10(2-4-11)6-17-9-13(16)5-15-12-7-18-8-12/h1-4,12-13,15-16H,5-9H2. The van der Waals surface area contributed by atoms with Gasteiger partial charge >= 0.3 is 0 Å². The van der Waals surface area contributed by atoms with Gasteiger partial charge in [0.25, 0.3) is 0 Å². The van der Waals surface area contributed by atoms with Gasteiger partial charge in [0.05, 0.1) is 38.6 Å². The normalized spacial score (nSPS) is 17.4. The van der Waals surface area contributed by atoms with Crippen molar-refractivity contribution in [1.29, 1.82) is 0 Å². The van der Waals surface area contributed by atoms with E-state index >= 15 is 0 Å². The summed E-state index contributed by atoms with van der Waals surface area (Å²) in [6.45, 7) is 2.81. The minimum atomic E-state index is -0.488. The van der Waals surface area contributed by atoms with Gasteiger partial charge in [-0.15, -0.1) is 0 Å². The summed E-state index contributed by atoms with van der Waals surface area (Å²) >= 11 is 5.79. The molecular weight excluding hydrogens is 254 g/mol. The van der Waals surface area contributed by atoms with Gasteiger partial charge in [-0.2, -0.15) is 0 Å². The number of aliphatic hydroxyl groups is 1. The summed E-state index contributed by atoms with van der Waals surface area (Å²) in [5, 5.41) is 13.6. The molecule has 2 N–H and O–H groups in total. The lowest BCUT2D eigenvalue weighted by atomic mass is 10.2. The van der Waals surface area contributed by atoms with Crippen LogP contribution in [0.3, 0.4) is 0 Å². The molecule has 1 fully saturated rings. The van der Waals surface area contributed by atoms with Crippen molar-refractivity contribution in [1.82, 2.24) is 5.32 Å². The van der Waals surface area contributed by atoms with Crippen molar-refractivity contribution in [2.24, 2.45) is 0 Å². The van der Waals surface area contributed by atoms with Crippen LogP contribution in [0.5, 0.6) is 0 Å². The maximum Gasteiger partial charge on any atom is 0.0897 e. The zero-order valence-corrected chi connectivity index (χ0v) is 10.9. The maximum absolute atomic E-state index is 9.69. The molecule has 0 radical (unpaired) electrons. The maximum atomic E-state index is 9.69. The molecule has 1 heterocycles. The quantitative estimate of drug-likeness (QED) is 0.783. The van der Waals surface area contributed by atoms with Crippen molar-refractivity contribution in [2.45, 2.75) is 18.8 Å². The van der Waals surface area contributed by atoms with Crippen LogP contribution in [0.2, 0.25) is 5.02 Å². The summed E-state index contributed by atoms with van der Waals surface area (Å²) in [7, 11) is 0. The summed E-state index contributed by atoms with van der Waals surface area (Å²) in [4.78, 5) is 0. The van der Waals surface area contributed by atoms with E-state index in [0.29, 0.717) is 30.8 Å². The predicted molar refractivity (Wildman–Crippen MR) is 69.7 cm³/mol. The first-order valence-electron chi connectivity index (χ1n) is 6.05. The lowest BCUT2D eigenvalue weighted by Gasteiger charge is -2.27. The second kappa shape index (κ2) is 7.07. The molecule has 1 aliphatic rings. The smallest absolute Gasteiger partial charge is 0.0897 e. The van der Waals surface area contributed by atoms with Crippen molar-refractivity contribution in [3.8, 4) is 0 Å². The van der Waals surface area contributed by atoms with E-state index in [2.05, 4.69) is 5.32 Å². The molecule has 18 heavy (non-hydrogen) atoms. The van der Waals surface area contributed by atoms with Crippen LogP contribution in [-0.4, -0.2) is 43.6 Å². The summed E-state index contributed by atoms with van der Waals surface area (Å²) in [6, 6.07) is 7.87. The Morgan fingerprint density at radius 1 is 1.39 bits per heavy atom. The van der Waals surface area contributed by atoms with Gasteiger partial charge in [0.1, 0.15) is 0 Å². The SMILES string of the molecule is OC(CNC1COC1)COCc1ccc(Cl)cc1. The molecule has 1 aromatic rings. The van der Waals surface area contributed by atoms with Crippen molar-refractivity contribution < 1.29 is 14.6 Å². The third-order valence-electron chi connectivity index (χ3n) is 2.77. The van der Waals surface area contributed by atoms with Crippen LogP contribution in [0.25, 0.3) is 0 Å². The average molecular weight is 272 g/mol. The van der Waals surface area contributed by atoms with Crippen molar-refractivity contribution in [3.63, 3.8) is 0 Å². The van der Waals surface area contributed by atoms with Crippen LogP contribution in [-0.2, 0) is 16.1 Å². The first kappa shape index (κ1) is 13.8. The van der Waals surface area contributed by atoms with E-state index in [0.717, 1.165) is 18.8 Å². The number of halogens is 1. The molecule has 1 unspecified atom stereocenters. The minimum Gasteiger partial charge on any atom is -0.389 e. The van der Waals surface area contributed by atoms with Crippen molar-refractivity contribution in [2.75, 3.05) is 26.4 Å². The second-order valence-corrected chi connectivity index (χ2v) is 4.87. The Labute approximate surface area is 112 Å². The molecule has 0 bridgehead atoms. The number of nitrogens with one attached hydrogen (secondary N) is 1. The van der Waals surface area contributed by atoms with E-state index in [-0.39, 0.29) is 0 Å². The molecule has 1 aliphatic heterocycles. The van der Waals surface area contributed by atoms with E-state index in [1.807, 2.05) is 24.3 Å². The highest BCUT2D eigenvalue weighted by Crippen LogP contribution is 2.10. The number of benzene rings is 1. The van der Waals surface area contributed by atoms with Crippen LogP contribution in [0.1, 0.15) is 5.56 Å². The molecular formula is C13H18ClNO3. The molecule has 4 nitrogen and oxygen atoms in total. The lowest BCUT2D eigenvalue weighted by Crippen LogP contribution is -2.48. The van der Waals surface area contributed by atoms with Crippen LogP contribution in [0, 0.1) is 0 Å². The fourth-order valence-electron chi connectivity index (χ4n) is 1.61. The number of hydrogen-bond acceptors (Lipinski definition) is 4. The molecule has 0 aliphatic carbocycles. The Balaban J connectivity index is 1.57. The predicted octanol–water partition coefficient (Wildman–Crippen LogP) is 1.21. The van der Waals surface area contributed by atoms with Crippen LogP contribution in [0.15, 0.2) is 24.3 Å². The largest absolute Gasteiger partial charge is 0.389 e. The lowest BCUT2D eigenvalue weighted by molar-refractivity contribution is -0.0182. The molecule has 100 valence electrons. The van der Waals surface area contributed by atoms with Gasteiger partial charge in [0.15, 0.2) is 0 Å². The highest BCUT2D eigenvalue weighted by molar-refractivity contribution is 6.30. The van der Waals surface area contributed by atoms with Gasteiger partial charge in [0, 0.05) is 11.6 Å². The zero-order valence-electron chi connectivity index (χ0n) is 10.1. The fourth-order valence-corrected chi connectivity index (χ4v) is 1.73. The number of aliphatic hydroxyl groups excluding tert-OH is 1. The first-order chi connectivity index (χ1) is 8.74. The molecule has 2 rings (SSSR count). The molecule has 0 saturated carbocycles. The van der Waals surface area contributed by atoms with Gasteiger partial charge in [0.2, 0.25) is 0 Å². The van der Waals surface area contributed by atoms with Crippen LogP contribution in [0.4, 0.5) is 0 Å². The topological polar surface area (TPSA) is 50.7 Å². The fraction of sp³-hybridized carbons (Fsp3) is 0.538. The average Bonchev–Trinajstić information content (AvgIpc) is 2.30. The summed E-state index contributed by atoms with van der Waals surface area (Å²) in [6.07, 6.45) is -0.488. The summed E-state index contributed by atoms with van der Waals surface area (Å²) in [5.41, 5.74) is 1.05. The molecule has 0 spiro atoms. The van der Waals surface area contributed by atoms with Crippen LogP contribution >= 0.6 is 11.6 Å². The summed E-state index contributed by atoms with van der Waals surface area (Å²) in [5.74, 6) is 0. The van der Waals surface area contributed by atoms with E-state index in [1.54, 1.807) is 0 Å². The zero-order chi connectivity index (χ0) is 12.8. The van der Waals surface area contributed by atoms with Gasteiger partial charge < -0.3 is 19.9 Å². The van der Waals surface area contributed by atoms with E-state index in [9.17, 15) is 5.11 Å². The number of hydrogen-bond donors (Lipinski definition) is 2.